The molecule has 146 valence electrons. The van der Waals surface area contributed by atoms with Gasteiger partial charge in [0.2, 0.25) is 0 Å². The molecule has 0 atom stereocenters. The molecule has 2 rings (SSSR count). The monoisotopic (exact) mass is 370 g/mol. The van der Waals surface area contributed by atoms with Crippen LogP contribution in [0.2, 0.25) is 0 Å². The van der Waals surface area contributed by atoms with Crippen LogP contribution in [0.3, 0.4) is 0 Å². The van der Waals surface area contributed by atoms with E-state index in [1.807, 2.05) is 38.4 Å². The van der Waals surface area contributed by atoms with Crippen molar-refractivity contribution in [3.8, 4) is 0 Å². The Morgan fingerprint density at radius 2 is 1.74 bits per heavy atom. The number of anilines is 3. The second-order valence-electron chi connectivity index (χ2n) is 6.59. The topological polar surface area (TPSA) is 73.4 Å². The van der Waals surface area contributed by atoms with Gasteiger partial charge in [-0.3, -0.25) is 4.79 Å². The normalized spacial score (nSPS) is 10.7. The van der Waals surface area contributed by atoms with Crippen LogP contribution in [0.5, 0.6) is 0 Å². The summed E-state index contributed by atoms with van der Waals surface area (Å²) in [5, 5.41) is 6.14. The number of aryl methyl sites for hydroxylation is 1. The van der Waals surface area contributed by atoms with Crippen LogP contribution in [0.1, 0.15) is 30.2 Å². The van der Waals surface area contributed by atoms with Crippen LogP contribution >= 0.6 is 0 Å². The summed E-state index contributed by atoms with van der Waals surface area (Å²) in [7, 11) is 4.02. The Kier molecular flexibility index (Phi) is 7.55. The first-order chi connectivity index (χ1) is 12.9. The standard InChI is InChI=1S/C20H30N6O/c1-6-26(7-2)17-10-8-16(9-11-17)24-20(27)18-14-19(23-15(3)22-18)21-12-13-25(4)5/h8-11,14H,6-7,12-13H2,1-5H3,(H,24,27)(H,21,22,23). The van der Waals surface area contributed by atoms with Gasteiger partial charge in [0.25, 0.3) is 5.91 Å². The van der Waals surface area contributed by atoms with E-state index in [4.69, 9.17) is 0 Å². The molecule has 0 fully saturated rings. The number of nitrogens with one attached hydrogen (secondary N) is 2. The van der Waals surface area contributed by atoms with Gasteiger partial charge in [-0.15, -0.1) is 0 Å². The maximum atomic E-state index is 12.6. The zero-order valence-electron chi connectivity index (χ0n) is 16.9. The predicted octanol–water partition coefficient (Wildman–Crippen LogP) is 2.86. The van der Waals surface area contributed by atoms with Gasteiger partial charge in [-0.05, 0) is 59.1 Å². The van der Waals surface area contributed by atoms with E-state index in [0.29, 0.717) is 17.3 Å². The molecule has 2 aromatic rings. The predicted molar refractivity (Wildman–Crippen MR) is 112 cm³/mol. The van der Waals surface area contributed by atoms with Crippen molar-refractivity contribution in [2.45, 2.75) is 20.8 Å². The summed E-state index contributed by atoms with van der Waals surface area (Å²) in [4.78, 5) is 25.5. The average Bonchev–Trinajstić information content (AvgIpc) is 2.63. The Balaban J connectivity index is 2.05. The highest BCUT2D eigenvalue weighted by Gasteiger charge is 2.11. The minimum Gasteiger partial charge on any atom is -0.372 e. The Morgan fingerprint density at radius 3 is 2.33 bits per heavy atom. The molecule has 1 heterocycles. The van der Waals surface area contributed by atoms with Crippen molar-refractivity contribution >= 4 is 23.1 Å². The van der Waals surface area contributed by atoms with Crippen LogP contribution in [0, 0.1) is 6.92 Å². The van der Waals surface area contributed by atoms with E-state index in [2.05, 4.69) is 44.2 Å². The van der Waals surface area contributed by atoms with Gasteiger partial charge in [0, 0.05) is 43.6 Å². The number of rotatable bonds is 9. The van der Waals surface area contributed by atoms with Crippen molar-refractivity contribution in [3.05, 3.63) is 41.9 Å². The molecule has 2 N–H and O–H groups in total. The second-order valence-corrected chi connectivity index (χ2v) is 6.59. The third-order valence-corrected chi connectivity index (χ3v) is 4.19. The van der Waals surface area contributed by atoms with Gasteiger partial charge in [0.05, 0.1) is 0 Å². The Hall–Kier alpha value is -2.67. The maximum Gasteiger partial charge on any atom is 0.274 e. The minimum atomic E-state index is -0.244. The molecular formula is C20H30N6O. The SMILES string of the molecule is CCN(CC)c1ccc(NC(=O)c2cc(NCCN(C)C)nc(C)n2)cc1. The molecular weight excluding hydrogens is 340 g/mol. The van der Waals surface area contributed by atoms with E-state index >= 15 is 0 Å². The number of carbonyl (C=O) groups excluding carboxylic acids is 1. The van der Waals surface area contributed by atoms with E-state index in [-0.39, 0.29) is 5.91 Å². The van der Waals surface area contributed by atoms with E-state index in [0.717, 1.165) is 37.6 Å². The number of benzene rings is 1. The highest BCUT2D eigenvalue weighted by atomic mass is 16.1. The van der Waals surface area contributed by atoms with Crippen LogP contribution in [0.15, 0.2) is 30.3 Å². The Labute approximate surface area is 161 Å². The number of nitrogens with zero attached hydrogens (tertiary/aromatic N) is 4. The molecule has 0 aliphatic rings. The van der Waals surface area contributed by atoms with Crippen LogP contribution in [-0.4, -0.2) is 61.0 Å². The Bertz CT molecular complexity index is 741. The molecule has 0 saturated heterocycles. The van der Waals surface area contributed by atoms with Crippen LogP contribution in [0.25, 0.3) is 0 Å². The molecule has 0 aliphatic heterocycles. The first kappa shape index (κ1) is 20.6. The van der Waals surface area contributed by atoms with Crippen LogP contribution in [0.4, 0.5) is 17.2 Å². The van der Waals surface area contributed by atoms with Gasteiger partial charge in [-0.25, -0.2) is 9.97 Å². The summed E-state index contributed by atoms with van der Waals surface area (Å²) in [6, 6.07) is 9.54. The summed E-state index contributed by atoms with van der Waals surface area (Å²) in [6.07, 6.45) is 0. The molecule has 1 aromatic heterocycles. The smallest absolute Gasteiger partial charge is 0.274 e. The molecule has 0 radical (unpaired) electrons. The van der Waals surface area contributed by atoms with Crippen molar-refractivity contribution in [2.24, 2.45) is 0 Å². The lowest BCUT2D eigenvalue weighted by Gasteiger charge is -2.21. The molecule has 0 unspecified atom stereocenters. The fraction of sp³-hybridized carbons (Fsp3) is 0.450. The van der Waals surface area contributed by atoms with Gasteiger partial charge < -0.3 is 20.4 Å². The summed E-state index contributed by atoms with van der Waals surface area (Å²) in [5.74, 6) is 0.977. The molecule has 27 heavy (non-hydrogen) atoms. The van der Waals surface area contributed by atoms with Crippen molar-refractivity contribution in [3.63, 3.8) is 0 Å². The highest BCUT2D eigenvalue weighted by Crippen LogP contribution is 2.18. The molecule has 0 spiro atoms. The molecule has 7 nitrogen and oxygen atoms in total. The van der Waals surface area contributed by atoms with Crippen molar-refractivity contribution < 1.29 is 4.79 Å². The van der Waals surface area contributed by atoms with E-state index in [1.54, 1.807) is 13.0 Å². The van der Waals surface area contributed by atoms with Gasteiger partial charge >= 0.3 is 0 Å². The molecule has 1 aromatic carbocycles. The number of hydrogen-bond acceptors (Lipinski definition) is 6. The number of amides is 1. The minimum absolute atomic E-state index is 0.244. The van der Waals surface area contributed by atoms with Gasteiger partial charge in [0.1, 0.15) is 17.3 Å². The average molecular weight is 371 g/mol. The lowest BCUT2D eigenvalue weighted by atomic mass is 10.2. The van der Waals surface area contributed by atoms with Crippen molar-refractivity contribution in [1.82, 2.24) is 14.9 Å². The summed E-state index contributed by atoms with van der Waals surface area (Å²) < 4.78 is 0. The summed E-state index contributed by atoms with van der Waals surface area (Å²) in [5.41, 5.74) is 2.24. The van der Waals surface area contributed by atoms with Crippen molar-refractivity contribution in [1.29, 1.82) is 0 Å². The van der Waals surface area contributed by atoms with Gasteiger partial charge in [-0.2, -0.15) is 0 Å². The molecule has 7 heteroatoms. The fourth-order valence-corrected chi connectivity index (χ4v) is 2.72. The van der Waals surface area contributed by atoms with E-state index in [9.17, 15) is 4.79 Å². The Morgan fingerprint density at radius 1 is 1.07 bits per heavy atom. The van der Waals surface area contributed by atoms with Gasteiger partial charge in [0.15, 0.2) is 0 Å². The van der Waals surface area contributed by atoms with Crippen molar-refractivity contribution in [2.75, 3.05) is 55.8 Å². The fourth-order valence-electron chi connectivity index (χ4n) is 2.72. The number of aromatic nitrogens is 2. The third kappa shape index (κ3) is 6.21. The zero-order valence-corrected chi connectivity index (χ0v) is 16.9. The molecule has 0 bridgehead atoms. The number of likely N-dealkylation sites (N-methyl/N-ethyl adjacent to an activating group) is 1. The van der Waals surface area contributed by atoms with E-state index < -0.39 is 0 Å². The lowest BCUT2D eigenvalue weighted by Crippen LogP contribution is -2.22. The van der Waals surface area contributed by atoms with Gasteiger partial charge in [-0.1, -0.05) is 0 Å². The first-order valence-electron chi connectivity index (χ1n) is 9.33. The molecule has 1 amide bonds. The summed E-state index contributed by atoms with van der Waals surface area (Å²) in [6.45, 7) is 9.56. The van der Waals surface area contributed by atoms with Crippen LogP contribution in [-0.2, 0) is 0 Å². The zero-order chi connectivity index (χ0) is 19.8. The van der Waals surface area contributed by atoms with Crippen LogP contribution < -0.4 is 15.5 Å². The largest absolute Gasteiger partial charge is 0.372 e. The summed E-state index contributed by atoms with van der Waals surface area (Å²) >= 11 is 0. The number of carbonyl (C=O) groups is 1. The first-order valence-corrected chi connectivity index (χ1v) is 9.33. The third-order valence-electron chi connectivity index (χ3n) is 4.19. The quantitative estimate of drug-likeness (QED) is 0.707. The second kappa shape index (κ2) is 9.87. The number of hydrogen-bond donors (Lipinski definition) is 2. The molecule has 0 aliphatic carbocycles. The highest BCUT2D eigenvalue weighted by molar-refractivity contribution is 6.03. The maximum absolute atomic E-state index is 12.6. The van der Waals surface area contributed by atoms with E-state index in [1.165, 1.54) is 0 Å². The molecule has 0 saturated carbocycles. The lowest BCUT2D eigenvalue weighted by molar-refractivity contribution is 0.102.